The summed E-state index contributed by atoms with van der Waals surface area (Å²) in [5.74, 6) is -0.227. The first-order chi connectivity index (χ1) is 8.08. The molecule has 1 atom stereocenters. The highest BCUT2D eigenvalue weighted by molar-refractivity contribution is 5.87. The van der Waals surface area contributed by atoms with E-state index in [-0.39, 0.29) is 12.3 Å². The molecule has 1 aromatic rings. The molecule has 2 N–H and O–H groups in total. The number of oxazole rings is 1. The highest BCUT2D eigenvalue weighted by Gasteiger charge is 2.32. The molecule has 1 fully saturated rings. The first kappa shape index (κ1) is 11.6. The third-order valence-corrected chi connectivity index (χ3v) is 2.87. The van der Waals surface area contributed by atoms with Crippen molar-refractivity contribution in [2.45, 2.75) is 32.2 Å². The van der Waals surface area contributed by atoms with Gasteiger partial charge in [0.05, 0.1) is 5.69 Å². The predicted molar refractivity (Wildman–Crippen MR) is 58.9 cm³/mol. The van der Waals surface area contributed by atoms with Crippen LogP contribution in [-0.4, -0.2) is 34.3 Å². The number of nitrogens with two attached hydrogens (primary N) is 1. The zero-order chi connectivity index (χ0) is 12.4. The van der Waals surface area contributed by atoms with Crippen molar-refractivity contribution in [2.24, 2.45) is 5.73 Å². The van der Waals surface area contributed by atoms with Crippen molar-refractivity contribution in [3.63, 3.8) is 0 Å². The van der Waals surface area contributed by atoms with Gasteiger partial charge < -0.3 is 15.1 Å². The number of amides is 2. The third-order valence-electron chi connectivity index (χ3n) is 2.87. The maximum absolute atomic E-state index is 12.0. The Morgan fingerprint density at radius 2 is 2.41 bits per heavy atom. The van der Waals surface area contributed by atoms with Gasteiger partial charge in [-0.1, -0.05) is 0 Å². The fraction of sp³-hybridized carbons (Fsp3) is 0.545. The molecule has 92 valence electrons. The van der Waals surface area contributed by atoms with E-state index in [9.17, 15) is 9.59 Å². The van der Waals surface area contributed by atoms with Crippen LogP contribution in [0.3, 0.4) is 0 Å². The van der Waals surface area contributed by atoms with E-state index in [0.29, 0.717) is 18.9 Å². The van der Waals surface area contributed by atoms with Crippen LogP contribution in [0, 0.1) is 6.92 Å². The third kappa shape index (κ3) is 2.46. The van der Waals surface area contributed by atoms with E-state index in [0.717, 1.165) is 12.1 Å². The molecule has 1 aromatic heterocycles. The van der Waals surface area contributed by atoms with Crippen molar-refractivity contribution >= 4 is 11.8 Å². The van der Waals surface area contributed by atoms with Crippen LogP contribution in [-0.2, 0) is 16.0 Å². The van der Waals surface area contributed by atoms with Gasteiger partial charge >= 0.3 is 0 Å². The Bertz CT molecular complexity index is 441. The minimum Gasteiger partial charge on any atom is -0.448 e. The number of aromatic nitrogens is 1. The van der Waals surface area contributed by atoms with Crippen molar-refractivity contribution in [1.82, 2.24) is 9.88 Å². The number of carbonyl (C=O) groups is 2. The van der Waals surface area contributed by atoms with Crippen molar-refractivity contribution in [1.29, 1.82) is 0 Å². The van der Waals surface area contributed by atoms with Gasteiger partial charge in [-0.3, -0.25) is 9.59 Å². The minimum absolute atomic E-state index is 0.0810. The zero-order valence-electron chi connectivity index (χ0n) is 9.68. The van der Waals surface area contributed by atoms with Gasteiger partial charge in [-0.15, -0.1) is 0 Å². The summed E-state index contributed by atoms with van der Waals surface area (Å²) in [6.45, 7) is 2.37. The van der Waals surface area contributed by atoms with E-state index >= 15 is 0 Å². The van der Waals surface area contributed by atoms with E-state index < -0.39 is 11.9 Å². The highest BCUT2D eigenvalue weighted by Crippen LogP contribution is 2.18. The highest BCUT2D eigenvalue weighted by atomic mass is 16.3. The predicted octanol–water partition coefficient (Wildman–Crippen LogP) is 0.00182. The Hall–Kier alpha value is -1.85. The summed E-state index contributed by atoms with van der Waals surface area (Å²) >= 11 is 0. The van der Waals surface area contributed by atoms with Crippen molar-refractivity contribution in [3.05, 3.63) is 17.8 Å². The summed E-state index contributed by atoms with van der Waals surface area (Å²) < 4.78 is 5.12. The first-order valence-corrected chi connectivity index (χ1v) is 5.57. The molecular weight excluding hydrogens is 222 g/mol. The smallest absolute Gasteiger partial charge is 0.240 e. The van der Waals surface area contributed by atoms with Gasteiger partial charge in [0, 0.05) is 6.54 Å². The lowest BCUT2D eigenvalue weighted by Crippen LogP contribution is -2.44. The van der Waals surface area contributed by atoms with Crippen LogP contribution in [0.2, 0.25) is 0 Å². The van der Waals surface area contributed by atoms with E-state index in [1.165, 1.54) is 11.2 Å². The fourth-order valence-corrected chi connectivity index (χ4v) is 2.08. The summed E-state index contributed by atoms with van der Waals surface area (Å²) in [5, 5.41) is 0. The normalized spacial score (nSPS) is 19.6. The standard InChI is InChI=1S/C11H15N3O3/c1-7-6-17-9(13-7)5-10(15)14-4-2-3-8(14)11(12)16/h6,8H,2-5H2,1H3,(H2,12,16). The number of carbonyl (C=O) groups excluding carboxylic acids is 2. The lowest BCUT2D eigenvalue weighted by molar-refractivity contribution is -0.137. The lowest BCUT2D eigenvalue weighted by atomic mass is 10.2. The molecule has 1 aliphatic rings. The molecule has 1 unspecified atom stereocenters. The monoisotopic (exact) mass is 237 g/mol. The molecule has 0 aromatic carbocycles. The Balaban J connectivity index is 2.02. The molecule has 6 heteroatoms. The van der Waals surface area contributed by atoms with Gasteiger partial charge in [0.15, 0.2) is 0 Å². The minimum atomic E-state index is -0.474. The van der Waals surface area contributed by atoms with Crippen molar-refractivity contribution < 1.29 is 14.0 Å². The molecule has 1 aliphatic heterocycles. The zero-order valence-corrected chi connectivity index (χ0v) is 9.68. The molecule has 0 radical (unpaired) electrons. The number of hydrogen-bond acceptors (Lipinski definition) is 4. The summed E-state index contributed by atoms with van der Waals surface area (Å²) in [6.07, 6.45) is 3.03. The van der Waals surface area contributed by atoms with Crippen LogP contribution in [0.5, 0.6) is 0 Å². The second-order valence-electron chi connectivity index (χ2n) is 4.21. The molecule has 2 amide bonds. The largest absolute Gasteiger partial charge is 0.448 e. The Labute approximate surface area is 98.8 Å². The van der Waals surface area contributed by atoms with E-state index in [2.05, 4.69) is 4.98 Å². The van der Waals surface area contributed by atoms with Crippen molar-refractivity contribution in [3.8, 4) is 0 Å². The molecule has 0 spiro atoms. The number of nitrogens with zero attached hydrogens (tertiary/aromatic N) is 2. The molecule has 2 heterocycles. The summed E-state index contributed by atoms with van der Waals surface area (Å²) in [6, 6.07) is -0.474. The molecular formula is C11H15N3O3. The molecule has 17 heavy (non-hydrogen) atoms. The van der Waals surface area contributed by atoms with E-state index in [4.69, 9.17) is 10.2 Å². The summed E-state index contributed by atoms with van der Waals surface area (Å²) in [4.78, 5) is 28.7. The van der Waals surface area contributed by atoms with Crippen LogP contribution < -0.4 is 5.73 Å². The average Bonchev–Trinajstić information content (AvgIpc) is 2.86. The maximum Gasteiger partial charge on any atom is 0.240 e. The Morgan fingerprint density at radius 1 is 1.65 bits per heavy atom. The van der Waals surface area contributed by atoms with Gasteiger partial charge in [0.2, 0.25) is 17.7 Å². The number of aryl methyl sites for hydroxylation is 1. The number of rotatable bonds is 3. The van der Waals surface area contributed by atoms with Crippen LogP contribution >= 0.6 is 0 Å². The average molecular weight is 237 g/mol. The van der Waals surface area contributed by atoms with Gasteiger partial charge in [0.1, 0.15) is 18.7 Å². The molecule has 2 rings (SSSR count). The van der Waals surface area contributed by atoms with Crippen LogP contribution in [0.4, 0.5) is 0 Å². The first-order valence-electron chi connectivity index (χ1n) is 5.57. The van der Waals surface area contributed by atoms with Crippen LogP contribution in [0.1, 0.15) is 24.4 Å². The Morgan fingerprint density at radius 3 is 3.00 bits per heavy atom. The fourth-order valence-electron chi connectivity index (χ4n) is 2.08. The summed E-state index contributed by atoms with van der Waals surface area (Å²) in [5.41, 5.74) is 5.99. The van der Waals surface area contributed by atoms with E-state index in [1.54, 1.807) is 6.92 Å². The lowest BCUT2D eigenvalue weighted by Gasteiger charge is -2.21. The SMILES string of the molecule is Cc1coc(CC(=O)N2CCCC2C(N)=O)n1. The number of likely N-dealkylation sites (tertiary alicyclic amines) is 1. The summed E-state index contributed by atoms with van der Waals surface area (Å²) in [7, 11) is 0. The van der Waals surface area contributed by atoms with Gasteiger partial charge in [-0.05, 0) is 19.8 Å². The van der Waals surface area contributed by atoms with Gasteiger partial charge in [-0.25, -0.2) is 4.98 Å². The molecule has 0 saturated carbocycles. The number of hydrogen-bond donors (Lipinski definition) is 1. The van der Waals surface area contributed by atoms with Crippen LogP contribution in [0.25, 0.3) is 0 Å². The maximum atomic E-state index is 12.0. The van der Waals surface area contributed by atoms with Gasteiger partial charge in [0.25, 0.3) is 0 Å². The number of primary amides is 1. The Kier molecular flexibility index (Phi) is 3.12. The van der Waals surface area contributed by atoms with Crippen molar-refractivity contribution in [2.75, 3.05) is 6.54 Å². The molecule has 1 saturated heterocycles. The molecule has 6 nitrogen and oxygen atoms in total. The quantitative estimate of drug-likeness (QED) is 0.801. The van der Waals surface area contributed by atoms with E-state index in [1.807, 2.05) is 0 Å². The topological polar surface area (TPSA) is 89.4 Å². The molecule has 0 aliphatic carbocycles. The second-order valence-corrected chi connectivity index (χ2v) is 4.21. The van der Waals surface area contributed by atoms with Gasteiger partial charge in [-0.2, -0.15) is 0 Å². The molecule has 0 bridgehead atoms. The van der Waals surface area contributed by atoms with Crippen LogP contribution in [0.15, 0.2) is 10.7 Å². The second kappa shape index (κ2) is 4.57.